The molecule has 0 unspecified atom stereocenters. The Balaban J connectivity index is 1.33. The third kappa shape index (κ3) is 5.13. The molecule has 0 radical (unpaired) electrons. The van der Waals surface area contributed by atoms with Crippen molar-refractivity contribution in [2.45, 2.75) is 51.4 Å². The van der Waals surface area contributed by atoms with Crippen LogP contribution in [0.5, 0.6) is 5.75 Å². The second-order valence-electron chi connectivity index (χ2n) is 8.02. The van der Waals surface area contributed by atoms with Gasteiger partial charge in [-0.1, -0.05) is 36.2 Å². The van der Waals surface area contributed by atoms with E-state index < -0.39 is 5.97 Å². The molecule has 31 heavy (non-hydrogen) atoms. The first-order valence-electron chi connectivity index (χ1n) is 10.8. The number of nitrogens with one attached hydrogen (secondary N) is 1. The quantitative estimate of drug-likeness (QED) is 0.364. The SMILES string of the molecule is CCCc1c(OCCCNc2ccc(CC(=O)O)cc2Cl)ccc2c(C3CC3)noc12. The lowest BCUT2D eigenvalue weighted by molar-refractivity contribution is -0.136. The molecule has 4 rings (SSSR count). The zero-order valence-corrected chi connectivity index (χ0v) is 18.4. The van der Waals surface area contributed by atoms with Gasteiger partial charge < -0.3 is 19.7 Å². The molecule has 2 aromatic carbocycles. The zero-order valence-electron chi connectivity index (χ0n) is 17.6. The number of carboxylic acid groups (broad SMARTS) is 1. The summed E-state index contributed by atoms with van der Waals surface area (Å²) in [4.78, 5) is 10.8. The Kier molecular flexibility index (Phi) is 6.66. The number of nitrogens with zero attached hydrogens (tertiary/aromatic N) is 1. The zero-order chi connectivity index (χ0) is 21.8. The number of anilines is 1. The molecule has 1 saturated carbocycles. The van der Waals surface area contributed by atoms with E-state index >= 15 is 0 Å². The van der Waals surface area contributed by atoms with Crippen LogP contribution in [-0.4, -0.2) is 29.4 Å². The van der Waals surface area contributed by atoms with Gasteiger partial charge in [0.05, 0.1) is 29.4 Å². The van der Waals surface area contributed by atoms with Crippen LogP contribution in [0.25, 0.3) is 11.0 Å². The van der Waals surface area contributed by atoms with Gasteiger partial charge in [-0.3, -0.25) is 4.79 Å². The Labute approximate surface area is 186 Å². The van der Waals surface area contributed by atoms with Gasteiger partial charge in [0.2, 0.25) is 0 Å². The number of carboxylic acids is 1. The number of fused-ring (bicyclic) bond motifs is 1. The monoisotopic (exact) mass is 442 g/mol. The smallest absolute Gasteiger partial charge is 0.307 e. The van der Waals surface area contributed by atoms with Crippen LogP contribution in [0.2, 0.25) is 5.02 Å². The van der Waals surface area contributed by atoms with Gasteiger partial charge in [-0.25, -0.2) is 0 Å². The molecule has 1 aliphatic rings. The highest BCUT2D eigenvalue weighted by molar-refractivity contribution is 6.33. The first kappa shape index (κ1) is 21.5. The van der Waals surface area contributed by atoms with Crippen molar-refractivity contribution in [3.8, 4) is 5.75 Å². The van der Waals surface area contributed by atoms with Gasteiger partial charge in [-0.05, 0) is 55.5 Å². The highest BCUT2D eigenvalue weighted by Crippen LogP contribution is 2.44. The topological polar surface area (TPSA) is 84.6 Å². The van der Waals surface area contributed by atoms with Crippen LogP contribution < -0.4 is 10.1 Å². The molecule has 1 aromatic heterocycles. The summed E-state index contributed by atoms with van der Waals surface area (Å²) in [5, 5.41) is 18.1. The van der Waals surface area contributed by atoms with E-state index in [0.717, 1.165) is 52.9 Å². The van der Waals surface area contributed by atoms with Gasteiger partial charge >= 0.3 is 5.97 Å². The molecule has 7 heteroatoms. The molecule has 1 aliphatic carbocycles. The summed E-state index contributed by atoms with van der Waals surface area (Å²) >= 11 is 6.26. The van der Waals surface area contributed by atoms with Crippen molar-refractivity contribution in [1.29, 1.82) is 0 Å². The number of hydrogen-bond donors (Lipinski definition) is 2. The molecule has 0 atom stereocenters. The lowest BCUT2D eigenvalue weighted by Gasteiger charge is -2.13. The second-order valence-corrected chi connectivity index (χ2v) is 8.43. The van der Waals surface area contributed by atoms with E-state index in [0.29, 0.717) is 29.7 Å². The number of halogens is 1. The average Bonchev–Trinajstić information content (AvgIpc) is 3.49. The fraction of sp³-hybridized carbons (Fsp3) is 0.417. The third-order valence-electron chi connectivity index (χ3n) is 5.48. The minimum Gasteiger partial charge on any atom is -0.493 e. The summed E-state index contributed by atoms with van der Waals surface area (Å²) in [6.07, 6.45) is 5.05. The molecule has 0 bridgehead atoms. The number of hydrogen-bond acceptors (Lipinski definition) is 5. The summed E-state index contributed by atoms with van der Waals surface area (Å²) in [6, 6.07) is 9.40. The highest BCUT2D eigenvalue weighted by atomic mass is 35.5. The fourth-order valence-electron chi connectivity index (χ4n) is 3.80. The predicted molar refractivity (Wildman–Crippen MR) is 121 cm³/mol. The Morgan fingerprint density at radius 3 is 2.87 bits per heavy atom. The molecular weight excluding hydrogens is 416 g/mol. The van der Waals surface area contributed by atoms with Crippen molar-refractivity contribution in [2.75, 3.05) is 18.5 Å². The van der Waals surface area contributed by atoms with Crippen LogP contribution in [0.3, 0.4) is 0 Å². The van der Waals surface area contributed by atoms with Gasteiger partial charge in [0.15, 0.2) is 5.58 Å². The van der Waals surface area contributed by atoms with Crippen LogP contribution in [0, 0.1) is 0 Å². The maximum Gasteiger partial charge on any atom is 0.307 e. The molecule has 0 spiro atoms. The molecule has 3 aromatic rings. The molecule has 0 amide bonds. The van der Waals surface area contributed by atoms with E-state index in [2.05, 4.69) is 23.5 Å². The standard InChI is InChI=1S/C24H27ClN2O4/c1-2-4-17-21(10-8-18-23(16-6-7-16)27-31-24(17)18)30-12-3-11-26-20-9-5-15(13-19(20)25)14-22(28)29/h5,8-10,13,16,26H,2-4,6-7,11-12,14H2,1H3,(H,28,29). The van der Waals surface area contributed by atoms with Gasteiger partial charge in [0.1, 0.15) is 5.75 Å². The number of carbonyl (C=O) groups is 1. The highest BCUT2D eigenvalue weighted by Gasteiger charge is 2.30. The maximum absolute atomic E-state index is 10.8. The van der Waals surface area contributed by atoms with Crippen LogP contribution in [-0.2, 0) is 17.6 Å². The number of aryl methyl sites for hydroxylation is 1. The van der Waals surface area contributed by atoms with Gasteiger partial charge in [0, 0.05) is 23.4 Å². The molecular formula is C24H27ClN2O4. The van der Waals surface area contributed by atoms with E-state index in [4.69, 9.17) is 26.0 Å². The van der Waals surface area contributed by atoms with Gasteiger partial charge in [-0.2, -0.15) is 0 Å². The lowest BCUT2D eigenvalue weighted by atomic mass is 10.0. The summed E-state index contributed by atoms with van der Waals surface area (Å²) in [5.41, 5.74) is 4.53. The summed E-state index contributed by atoms with van der Waals surface area (Å²) in [7, 11) is 0. The number of aromatic nitrogens is 1. The van der Waals surface area contributed by atoms with E-state index in [9.17, 15) is 4.79 Å². The summed E-state index contributed by atoms with van der Waals surface area (Å²) in [6.45, 7) is 3.40. The number of ether oxygens (including phenoxy) is 1. The molecule has 1 heterocycles. The van der Waals surface area contributed by atoms with Crippen molar-refractivity contribution in [1.82, 2.24) is 5.16 Å². The van der Waals surface area contributed by atoms with E-state index in [1.54, 1.807) is 12.1 Å². The summed E-state index contributed by atoms with van der Waals surface area (Å²) in [5.74, 6) is 0.547. The van der Waals surface area contributed by atoms with E-state index in [1.807, 2.05) is 12.1 Å². The summed E-state index contributed by atoms with van der Waals surface area (Å²) < 4.78 is 11.8. The van der Waals surface area contributed by atoms with Crippen LogP contribution in [0.4, 0.5) is 5.69 Å². The lowest BCUT2D eigenvalue weighted by Crippen LogP contribution is -2.09. The van der Waals surface area contributed by atoms with Crippen molar-refractivity contribution in [3.63, 3.8) is 0 Å². The Bertz CT molecular complexity index is 1070. The fourth-order valence-corrected chi connectivity index (χ4v) is 4.07. The number of benzene rings is 2. The Morgan fingerprint density at radius 1 is 1.32 bits per heavy atom. The number of rotatable bonds is 11. The first-order valence-corrected chi connectivity index (χ1v) is 11.2. The predicted octanol–water partition coefficient (Wildman–Crippen LogP) is 5.82. The van der Waals surface area contributed by atoms with Gasteiger partial charge in [0.25, 0.3) is 0 Å². The van der Waals surface area contributed by atoms with Crippen LogP contribution in [0.15, 0.2) is 34.9 Å². The first-order chi connectivity index (χ1) is 15.1. The minimum atomic E-state index is -0.872. The normalized spacial score (nSPS) is 13.5. The molecule has 164 valence electrons. The minimum absolute atomic E-state index is 0.0361. The third-order valence-corrected chi connectivity index (χ3v) is 5.79. The average molecular weight is 443 g/mol. The molecule has 6 nitrogen and oxygen atoms in total. The van der Waals surface area contributed by atoms with Crippen LogP contribution >= 0.6 is 11.6 Å². The van der Waals surface area contributed by atoms with E-state index in [-0.39, 0.29) is 6.42 Å². The molecule has 2 N–H and O–H groups in total. The van der Waals surface area contributed by atoms with Crippen molar-refractivity contribution in [3.05, 3.63) is 52.2 Å². The largest absolute Gasteiger partial charge is 0.493 e. The van der Waals surface area contributed by atoms with Crippen molar-refractivity contribution in [2.24, 2.45) is 0 Å². The van der Waals surface area contributed by atoms with Crippen molar-refractivity contribution < 1.29 is 19.2 Å². The van der Waals surface area contributed by atoms with E-state index in [1.165, 1.54) is 12.8 Å². The molecule has 0 saturated heterocycles. The molecule has 1 fully saturated rings. The van der Waals surface area contributed by atoms with Crippen molar-refractivity contribution >= 4 is 34.2 Å². The Morgan fingerprint density at radius 2 is 2.16 bits per heavy atom. The molecule has 0 aliphatic heterocycles. The Hall–Kier alpha value is -2.73. The second kappa shape index (κ2) is 9.60. The number of aliphatic carboxylic acids is 1. The van der Waals surface area contributed by atoms with Gasteiger partial charge in [-0.15, -0.1) is 0 Å². The maximum atomic E-state index is 10.8. The van der Waals surface area contributed by atoms with Crippen LogP contribution in [0.1, 0.15) is 55.3 Å².